The molecule has 1 aromatic rings. The number of hydrogen-bond acceptors (Lipinski definition) is 2. The van der Waals surface area contributed by atoms with E-state index < -0.39 is 0 Å². The molecule has 0 atom stereocenters. The zero-order valence-corrected chi connectivity index (χ0v) is 12.7. The predicted octanol–water partition coefficient (Wildman–Crippen LogP) is 2.10. The summed E-state index contributed by atoms with van der Waals surface area (Å²) in [6, 6.07) is 6.78. The van der Waals surface area contributed by atoms with Gasteiger partial charge in [-0.3, -0.25) is 4.90 Å². The molecule has 0 fully saturated rings. The van der Waals surface area contributed by atoms with Crippen LogP contribution in [0.4, 0.5) is 4.79 Å². The van der Waals surface area contributed by atoms with Crippen LogP contribution in [-0.4, -0.2) is 37.6 Å². The third kappa shape index (κ3) is 3.73. The lowest BCUT2D eigenvalue weighted by atomic mass is 9.93. The van der Waals surface area contributed by atoms with Gasteiger partial charge in [0, 0.05) is 33.2 Å². The number of carbonyl (C=O) groups excluding carboxylic acids is 1. The van der Waals surface area contributed by atoms with Crippen molar-refractivity contribution >= 4 is 6.03 Å². The molecule has 2 N–H and O–H groups in total. The van der Waals surface area contributed by atoms with Gasteiger partial charge < -0.3 is 10.6 Å². The van der Waals surface area contributed by atoms with E-state index in [4.69, 9.17) is 0 Å². The number of rotatable bonds is 4. The molecule has 0 aromatic heterocycles. The summed E-state index contributed by atoms with van der Waals surface area (Å²) < 4.78 is 0. The van der Waals surface area contributed by atoms with E-state index in [1.807, 2.05) is 0 Å². The standard InChI is InChI=1S/C16H25N3O/c1-12(2)14-5-4-13-6-8-19(11-15(13)10-14)9-7-18-16(20)17-3/h4-5,10,12H,6-9,11H2,1-3H3,(H2,17,18,20). The van der Waals surface area contributed by atoms with Crippen molar-refractivity contribution in [3.8, 4) is 0 Å². The van der Waals surface area contributed by atoms with Crippen LogP contribution in [0, 0.1) is 0 Å². The highest BCUT2D eigenvalue weighted by atomic mass is 16.2. The fourth-order valence-corrected chi connectivity index (χ4v) is 2.60. The molecule has 0 unspecified atom stereocenters. The Hall–Kier alpha value is -1.55. The summed E-state index contributed by atoms with van der Waals surface area (Å²) in [5, 5.41) is 5.41. The topological polar surface area (TPSA) is 44.4 Å². The lowest BCUT2D eigenvalue weighted by molar-refractivity contribution is 0.232. The molecule has 0 saturated heterocycles. The second-order valence-corrected chi connectivity index (χ2v) is 5.71. The number of nitrogens with one attached hydrogen (secondary N) is 2. The Morgan fingerprint density at radius 1 is 1.35 bits per heavy atom. The highest BCUT2D eigenvalue weighted by molar-refractivity contribution is 5.73. The Bertz CT molecular complexity index is 471. The van der Waals surface area contributed by atoms with Crippen LogP contribution in [0.15, 0.2) is 18.2 Å². The summed E-state index contributed by atoms with van der Waals surface area (Å²) in [6.07, 6.45) is 1.10. The average Bonchev–Trinajstić information content (AvgIpc) is 2.46. The molecule has 20 heavy (non-hydrogen) atoms. The molecule has 1 aliphatic heterocycles. The highest BCUT2D eigenvalue weighted by Gasteiger charge is 2.16. The third-order valence-electron chi connectivity index (χ3n) is 3.93. The van der Waals surface area contributed by atoms with Crippen LogP contribution < -0.4 is 10.6 Å². The smallest absolute Gasteiger partial charge is 0.314 e. The minimum atomic E-state index is -0.107. The molecule has 1 heterocycles. The molecular formula is C16H25N3O. The van der Waals surface area contributed by atoms with Gasteiger partial charge in [0.05, 0.1) is 0 Å². The molecule has 110 valence electrons. The van der Waals surface area contributed by atoms with Crippen molar-refractivity contribution in [1.29, 1.82) is 0 Å². The van der Waals surface area contributed by atoms with Gasteiger partial charge in [-0.2, -0.15) is 0 Å². The lowest BCUT2D eigenvalue weighted by Crippen LogP contribution is -2.40. The Labute approximate surface area is 121 Å². The number of fused-ring (bicyclic) bond motifs is 1. The monoisotopic (exact) mass is 275 g/mol. The molecular weight excluding hydrogens is 250 g/mol. The van der Waals surface area contributed by atoms with Crippen LogP contribution in [0.25, 0.3) is 0 Å². The number of benzene rings is 1. The summed E-state index contributed by atoms with van der Waals surface area (Å²) in [7, 11) is 1.64. The second kappa shape index (κ2) is 6.75. The summed E-state index contributed by atoms with van der Waals surface area (Å²) in [5.74, 6) is 0.575. The van der Waals surface area contributed by atoms with Gasteiger partial charge in [-0.05, 0) is 29.0 Å². The van der Waals surface area contributed by atoms with Crippen molar-refractivity contribution in [2.75, 3.05) is 26.7 Å². The largest absolute Gasteiger partial charge is 0.341 e. The normalized spacial score (nSPS) is 15.0. The average molecular weight is 275 g/mol. The summed E-state index contributed by atoms with van der Waals surface area (Å²) in [4.78, 5) is 13.5. The van der Waals surface area contributed by atoms with Gasteiger partial charge in [0.15, 0.2) is 0 Å². The molecule has 2 amide bonds. The zero-order valence-electron chi connectivity index (χ0n) is 12.7. The van der Waals surface area contributed by atoms with Gasteiger partial charge in [-0.25, -0.2) is 4.79 Å². The maximum atomic E-state index is 11.1. The summed E-state index contributed by atoms with van der Waals surface area (Å²) in [6.45, 7) is 8.12. The fourth-order valence-electron chi connectivity index (χ4n) is 2.60. The number of nitrogens with zero attached hydrogens (tertiary/aromatic N) is 1. The van der Waals surface area contributed by atoms with Gasteiger partial charge in [-0.15, -0.1) is 0 Å². The van der Waals surface area contributed by atoms with Gasteiger partial charge in [0.2, 0.25) is 0 Å². The van der Waals surface area contributed by atoms with E-state index in [1.165, 1.54) is 16.7 Å². The Morgan fingerprint density at radius 3 is 2.85 bits per heavy atom. The van der Waals surface area contributed by atoms with E-state index in [2.05, 4.69) is 47.6 Å². The number of amides is 2. The first kappa shape index (κ1) is 14.9. The Morgan fingerprint density at radius 2 is 2.15 bits per heavy atom. The van der Waals surface area contributed by atoms with Gasteiger partial charge in [0.25, 0.3) is 0 Å². The van der Waals surface area contributed by atoms with E-state index >= 15 is 0 Å². The summed E-state index contributed by atoms with van der Waals surface area (Å²) in [5.41, 5.74) is 4.33. The van der Waals surface area contributed by atoms with Crippen molar-refractivity contribution in [2.24, 2.45) is 0 Å². The Kier molecular flexibility index (Phi) is 5.01. The zero-order chi connectivity index (χ0) is 14.5. The Balaban J connectivity index is 1.92. The molecule has 0 saturated carbocycles. The minimum absolute atomic E-state index is 0.107. The molecule has 4 heteroatoms. The molecule has 0 spiro atoms. The summed E-state index contributed by atoms with van der Waals surface area (Å²) >= 11 is 0. The van der Waals surface area contributed by atoms with E-state index in [1.54, 1.807) is 7.05 Å². The van der Waals surface area contributed by atoms with Crippen molar-refractivity contribution < 1.29 is 4.79 Å². The molecule has 0 aliphatic carbocycles. The SMILES string of the molecule is CNC(=O)NCCN1CCc2ccc(C(C)C)cc2C1. The van der Waals surface area contributed by atoms with Gasteiger partial charge in [0.1, 0.15) is 0 Å². The number of urea groups is 1. The second-order valence-electron chi connectivity index (χ2n) is 5.71. The predicted molar refractivity (Wildman–Crippen MR) is 82.0 cm³/mol. The van der Waals surface area contributed by atoms with E-state index in [9.17, 15) is 4.79 Å². The van der Waals surface area contributed by atoms with Crippen LogP contribution in [-0.2, 0) is 13.0 Å². The van der Waals surface area contributed by atoms with Crippen molar-refractivity contribution in [3.63, 3.8) is 0 Å². The molecule has 1 aromatic carbocycles. The van der Waals surface area contributed by atoms with Crippen LogP contribution in [0.2, 0.25) is 0 Å². The van der Waals surface area contributed by atoms with Crippen molar-refractivity contribution in [1.82, 2.24) is 15.5 Å². The fraction of sp³-hybridized carbons (Fsp3) is 0.562. The number of hydrogen-bond donors (Lipinski definition) is 2. The molecule has 2 rings (SSSR count). The molecule has 4 nitrogen and oxygen atoms in total. The first-order valence-corrected chi connectivity index (χ1v) is 7.39. The van der Waals surface area contributed by atoms with Crippen LogP contribution in [0.1, 0.15) is 36.5 Å². The first-order valence-electron chi connectivity index (χ1n) is 7.39. The van der Waals surface area contributed by atoms with E-state index in [0.717, 1.165) is 26.1 Å². The minimum Gasteiger partial charge on any atom is -0.341 e. The first-order chi connectivity index (χ1) is 9.60. The third-order valence-corrected chi connectivity index (χ3v) is 3.93. The van der Waals surface area contributed by atoms with E-state index in [-0.39, 0.29) is 6.03 Å². The van der Waals surface area contributed by atoms with Crippen molar-refractivity contribution in [2.45, 2.75) is 32.7 Å². The maximum absolute atomic E-state index is 11.1. The van der Waals surface area contributed by atoms with Crippen LogP contribution in [0.3, 0.4) is 0 Å². The molecule has 0 bridgehead atoms. The lowest BCUT2D eigenvalue weighted by Gasteiger charge is -2.29. The quantitative estimate of drug-likeness (QED) is 0.884. The van der Waals surface area contributed by atoms with Gasteiger partial charge in [-0.1, -0.05) is 32.0 Å². The van der Waals surface area contributed by atoms with Crippen LogP contribution in [0.5, 0.6) is 0 Å². The van der Waals surface area contributed by atoms with Gasteiger partial charge >= 0.3 is 6.03 Å². The molecule has 1 aliphatic rings. The maximum Gasteiger partial charge on any atom is 0.314 e. The van der Waals surface area contributed by atoms with Crippen LogP contribution >= 0.6 is 0 Å². The van der Waals surface area contributed by atoms with E-state index in [0.29, 0.717) is 12.5 Å². The molecule has 0 radical (unpaired) electrons. The van der Waals surface area contributed by atoms with Crippen molar-refractivity contribution in [3.05, 3.63) is 34.9 Å². The highest BCUT2D eigenvalue weighted by Crippen LogP contribution is 2.23. The number of carbonyl (C=O) groups is 1.